The van der Waals surface area contributed by atoms with E-state index in [0.29, 0.717) is 9.80 Å². The summed E-state index contributed by atoms with van der Waals surface area (Å²) in [5.41, 5.74) is 7.67. The molecule has 0 spiro atoms. The highest BCUT2D eigenvalue weighted by Crippen LogP contribution is 2.48. The summed E-state index contributed by atoms with van der Waals surface area (Å²) in [6.07, 6.45) is 10.9. The first-order valence-electron chi connectivity index (χ1n) is 15.2. The molecule has 1 aliphatic carbocycles. The predicted octanol–water partition coefficient (Wildman–Crippen LogP) is 8.91. The molecule has 3 aliphatic rings. The van der Waals surface area contributed by atoms with Gasteiger partial charge in [0, 0.05) is 42.0 Å². The molecule has 0 aromatic heterocycles. The number of allylic oxidation sites excluding steroid dienone is 6. The van der Waals surface area contributed by atoms with Crippen molar-refractivity contribution in [3.63, 3.8) is 0 Å². The number of hydrogen-bond donors (Lipinski definition) is 0. The van der Waals surface area contributed by atoms with Crippen molar-refractivity contribution in [3.05, 3.63) is 136 Å². The molecule has 1 atom stereocenters. The molecule has 0 N–H and O–H groups in total. The van der Waals surface area contributed by atoms with Crippen LogP contribution in [-0.2, 0) is 20.7 Å². The van der Waals surface area contributed by atoms with Gasteiger partial charge in [0.2, 0.25) is 9.84 Å². The Kier molecular flexibility index (Phi) is 8.52. The summed E-state index contributed by atoms with van der Waals surface area (Å²) in [5.74, 6) is 0. The van der Waals surface area contributed by atoms with E-state index in [9.17, 15) is 8.42 Å². The lowest BCUT2D eigenvalue weighted by Gasteiger charge is -2.30. The lowest BCUT2D eigenvalue weighted by Crippen LogP contribution is -2.37. The Morgan fingerprint density at radius 1 is 0.773 bits per heavy atom. The quantitative estimate of drug-likeness (QED) is 0.284. The number of hydrogen-bond acceptors (Lipinski definition) is 4. The van der Waals surface area contributed by atoms with Crippen LogP contribution in [0, 0.1) is 0 Å². The third-order valence-electron chi connectivity index (χ3n) is 9.80. The Labute approximate surface area is 269 Å². The van der Waals surface area contributed by atoms with Gasteiger partial charge in [-0.15, -0.1) is 12.4 Å². The van der Waals surface area contributed by atoms with Crippen LogP contribution in [0.2, 0.25) is 0 Å². The Hall–Kier alpha value is -3.54. The van der Waals surface area contributed by atoms with Crippen molar-refractivity contribution in [1.82, 2.24) is 0 Å². The molecular formula is C38H43ClN2O2S. The van der Waals surface area contributed by atoms with Gasteiger partial charge in [-0.2, -0.15) is 0 Å². The Morgan fingerprint density at radius 2 is 1.39 bits per heavy atom. The summed E-state index contributed by atoms with van der Waals surface area (Å²) in [6.45, 7) is 9.03. The fraction of sp³-hybridized carbons (Fsp3) is 0.316. The number of halogens is 1. The summed E-state index contributed by atoms with van der Waals surface area (Å²) in [4.78, 5) is 5.36. The highest BCUT2D eigenvalue weighted by molar-refractivity contribution is 7.95. The summed E-state index contributed by atoms with van der Waals surface area (Å²) in [7, 11) is 0.493. The SMILES string of the molecule is CN1C(=CC=C2CCCC(C=CC3N(C)c4ccccc4C3(C)C)=C2S(=O)(=O)c2ccccc2)C(C)(C)c2ccccc21.Cl. The summed E-state index contributed by atoms with van der Waals surface area (Å²) in [6, 6.07) is 26.1. The lowest BCUT2D eigenvalue weighted by molar-refractivity contribution is 0.487. The molecule has 0 bridgehead atoms. The van der Waals surface area contributed by atoms with Crippen LogP contribution >= 0.6 is 12.4 Å². The zero-order chi connectivity index (χ0) is 30.6. The Balaban J connectivity index is 0.00000384. The molecule has 0 radical (unpaired) electrons. The van der Waals surface area contributed by atoms with Gasteiger partial charge < -0.3 is 9.80 Å². The van der Waals surface area contributed by atoms with E-state index < -0.39 is 9.84 Å². The van der Waals surface area contributed by atoms with Crippen molar-refractivity contribution in [1.29, 1.82) is 0 Å². The van der Waals surface area contributed by atoms with Gasteiger partial charge in [-0.1, -0.05) is 101 Å². The number of likely N-dealkylation sites (N-methyl/N-ethyl adjacent to an activating group) is 2. The van der Waals surface area contributed by atoms with Crippen molar-refractivity contribution in [3.8, 4) is 0 Å². The number of para-hydroxylation sites is 2. The van der Waals surface area contributed by atoms with E-state index in [1.807, 2.05) is 6.07 Å². The van der Waals surface area contributed by atoms with Crippen LogP contribution in [0.1, 0.15) is 58.1 Å². The monoisotopic (exact) mass is 626 g/mol. The minimum absolute atomic E-state index is 0. The zero-order valence-electron chi connectivity index (χ0n) is 26.5. The smallest absolute Gasteiger partial charge is 0.207 e. The van der Waals surface area contributed by atoms with E-state index in [2.05, 4.69) is 124 Å². The second-order valence-electron chi connectivity index (χ2n) is 13.1. The molecule has 6 rings (SSSR count). The molecule has 4 nitrogen and oxygen atoms in total. The van der Waals surface area contributed by atoms with E-state index in [1.54, 1.807) is 24.3 Å². The molecule has 2 heterocycles. The van der Waals surface area contributed by atoms with E-state index in [-0.39, 0.29) is 29.3 Å². The molecule has 3 aromatic rings. The van der Waals surface area contributed by atoms with Crippen LogP contribution in [0.4, 0.5) is 11.4 Å². The highest BCUT2D eigenvalue weighted by atomic mass is 35.5. The average molecular weight is 627 g/mol. The number of sulfone groups is 1. The molecule has 3 aromatic carbocycles. The van der Waals surface area contributed by atoms with Crippen molar-refractivity contribution in [2.45, 2.75) is 68.7 Å². The Bertz CT molecular complexity index is 1800. The maximum atomic E-state index is 14.4. The molecule has 230 valence electrons. The average Bonchev–Trinajstić information content (AvgIpc) is 3.32. The predicted molar refractivity (Wildman–Crippen MR) is 187 cm³/mol. The normalized spacial score (nSPS) is 22.5. The van der Waals surface area contributed by atoms with Gasteiger partial charge in [-0.25, -0.2) is 8.42 Å². The zero-order valence-corrected chi connectivity index (χ0v) is 28.2. The van der Waals surface area contributed by atoms with Crippen LogP contribution in [0.15, 0.2) is 130 Å². The van der Waals surface area contributed by atoms with Gasteiger partial charge in [0.05, 0.1) is 15.8 Å². The number of anilines is 2. The van der Waals surface area contributed by atoms with Gasteiger partial charge in [-0.3, -0.25) is 0 Å². The summed E-state index contributed by atoms with van der Waals surface area (Å²) >= 11 is 0. The van der Waals surface area contributed by atoms with Crippen LogP contribution < -0.4 is 9.80 Å². The molecule has 0 saturated carbocycles. The maximum Gasteiger partial charge on any atom is 0.207 e. The van der Waals surface area contributed by atoms with Gasteiger partial charge in [0.1, 0.15) is 0 Å². The second-order valence-corrected chi connectivity index (χ2v) is 15.0. The first-order chi connectivity index (χ1) is 20.5. The number of benzene rings is 3. The third kappa shape index (κ3) is 5.14. The lowest BCUT2D eigenvalue weighted by atomic mass is 9.80. The fourth-order valence-electron chi connectivity index (χ4n) is 7.46. The standard InChI is InChI=1S/C38H42N2O2S.ClH/c1-37(2)30-19-10-12-21-32(30)39(5)34(37)25-23-27-15-14-16-28(36(27)43(41,42)29-17-8-7-9-18-29)24-26-35-38(3,4)31-20-11-13-22-33(31)40(35)6;/h7-13,17-26,34H,14-16H2,1-6H3;1H. The third-order valence-corrected chi connectivity index (χ3v) is 11.7. The van der Waals surface area contributed by atoms with E-state index in [0.717, 1.165) is 36.1 Å². The summed E-state index contributed by atoms with van der Waals surface area (Å²) < 4.78 is 28.7. The first kappa shape index (κ1) is 31.9. The van der Waals surface area contributed by atoms with Crippen molar-refractivity contribution in [2.24, 2.45) is 0 Å². The molecular weight excluding hydrogens is 584 g/mol. The summed E-state index contributed by atoms with van der Waals surface area (Å²) in [5, 5.41) is 0. The van der Waals surface area contributed by atoms with Crippen LogP contribution in [0.5, 0.6) is 0 Å². The maximum absolute atomic E-state index is 14.4. The highest BCUT2D eigenvalue weighted by Gasteiger charge is 2.42. The van der Waals surface area contributed by atoms with E-state index >= 15 is 0 Å². The fourth-order valence-corrected chi connectivity index (χ4v) is 9.24. The van der Waals surface area contributed by atoms with Crippen LogP contribution in [0.25, 0.3) is 0 Å². The van der Waals surface area contributed by atoms with Crippen LogP contribution in [0.3, 0.4) is 0 Å². The van der Waals surface area contributed by atoms with Gasteiger partial charge in [-0.05, 0) is 71.9 Å². The Morgan fingerprint density at radius 3 is 2.05 bits per heavy atom. The molecule has 2 aliphatic heterocycles. The van der Waals surface area contributed by atoms with Crippen molar-refractivity contribution in [2.75, 3.05) is 23.9 Å². The van der Waals surface area contributed by atoms with Crippen molar-refractivity contribution < 1.29 is 8.42 Å². The van der Waals surface area contributed by atoms with Crippen LogP contribution in [-0.4, -0.2) is 28.6 Å². The minimum Gasteiger partial charge on any atom is -0.367 e. The molecule has 0 saturated heterocycles. The molecule has 44 heavy (non-hydrogen) atoms. The molecule has 1 unspecified atom stereocenters. The molecule has 0 fully saturated rings. The molecule has 6 heteroatoms. The number of nitrogens with zero attached hydrogens (tertiary/aromatic N) is 2. The van der Waals surface area contributed by atoms with Gasteiger partial charge in [0.25, 0.3) is 0 Å². The number of fused-ring (bicyclic) bond motifs is 2. The van der Waals surface area contributed by atoms with E-state index in [4.69, 9.17) is 0 Å². The largest absolute Gasteiger partial charge is 0.367 e. The molecule has 0 amide bonds. The van der Waals surface area contributed by atoms with Gasteiger partial charge >= 0.3 is 0 Å². The first-order valence-corrected chi connectivity index (χ1v) is 16.7. The van der Waals surface area contributed by atoms with E-state index in [1.165, 1.54) is 22.5 Å². The van der Waals surface area contributed by atoms with Crippen molar-refractivity contribution >= 4 is 33.6 Å². The minimum atomic E-state index is -3.74. The topological polar surface area (TPSA) is 40.6 Å². The van der Waals surface area contributed by atoms with Gasteiger partial charge in [0.15, 0.2) is 0 Å². The second kappa shape index (κ2) is 11.8. The number of rotatable bonds is 5.